The SMILES string of the molecule is CCN(CC)C(=O)CN1CCCN(S(=O)(=O)N(C)Cc2c(F)cccc2Cl)CC1. The third-order valence-corrected chi connectivity index (χ3v) is 7.47. The summed E-state index contributed by atoms with van der Waals surface area (Å²) in [5.74, 6) is -0.478. The molecule has 0 bridgehead atoms. The van der Waals surface area contributed by atoms with E-state index in [9.17, 15) is 17.6 Å². The summed E-state index contributed by atoms with van der Waals surface area (Å²) in [5.41, 5.74) is 0.154. The molecule has 1 saturated heterocycles. The van der Waals surface area contributed by atoms with E-state index in [1.54, 1.807) is 4.90 Å². The van der Waals surface area contributed by atoms with E-state index in [0.29, 0.717) is 39.1 Å². The molecule has 1 aromatic carbocycles. The molecule has 7 nitrogen and oxygen atoms in total. The van der Waals surface area contributed by atoms with E-state index in [2.05, 4.69) is 0 Å². The smallest absolute Gasteiger partial charge is 0.282 e. The van der Waals surface area contributed by atoms with Crippen LogP contribution in [0.3, 0.4) is 0 Å². The maximum atomic E-state index is 14.0. The quantitative estimate of drug-likeness (QED) is 0.610. The van der Waals surface area contributed by atoms with Crippen molar-refractivity contribution in [2.45, 2.75) is 26.8 Å². The summed E-state index contributed by atoms with van der Waals surface area (Å²) in [6.07, 6.45) is 0.624. The number of likely N-dealkylation sites (N-methyl/N-ethyl adjacent to an activating group) is 1. The Hall–Kier alpha value is -1.26. The maximum Gasteiger partial charge on any atom is 0.282 e. The molecule has 1 amide bonds. The first-order valence-electron chi connectivity index (χ1n) is 9.85. The molecule has 1 aliphatic rings. The molecule has 0 saturated carbocycles. The monoisotopic (exact) mass is 448 g/mol. The molecule has 0 radical (unpaired) electrons. The van der Waals surface area contributed by atoms with Crippen molar-refractivity contribution in [2.24, 2.45) is 0 Å². The van der Waals surface area contributed by atoms with Crippen molar-refractivity contribution in [3.8, 4) is 0 Å². The van der Waals surface area contributed by atoms with Gasteiger partial charge in [-0.15, -0.1) is 0 Å². The topological polar surface area (TPSA) is 64.2 Å². The summed E-state index contributed by atoms with van der Waals surface area (Å²) >= 11 is 6.03. The van der Waals surface area contributed by atoms with Crippen LogP contribution in [-0.2, 0) is 21.5 Å². The molecule has 0 unspecified atom stereocenters. The summed E-state index contributed by atoms with van der Waals surface area (Å²) in [6, 6.07) is 4.29. The van der Waals surface area contributed by atoms with Gasteiger partial charge in [0.2, 0.25) is 5.91 Å². The molecule has 10 heteroatoms. The van der Waals surface area contributed by atoms with E-state index < -0.39 is 16.0 Å². The molecule has 1 aliphatic heterocycles. The standard InChI is InChI=1S/C19H30ClFN4O3S/c1-4-24(5-2)19(26)15-23-10-7-11-25(13-12-23)29(27,28)22(3)14-16-17(20)8-6-9-18(16)21/h6,8-9H,4-5,7,10-15H2,1-3H3. The molecule has 164 valence electrons. The van der Waals surface area contributed by atoms with E-state index in [1.165, 1.54) is 29.6 Å². The van der Waals surface area contributed by atoms with Crippen molar-refractivity contribution in [2.75, 3.05) is 52.9 Å². The van der Waals surface area contributed by atoms with Crippen LogP contribution in [0.4, 0.5) is 4.39 Å². The first-order valence-corrected chi connectivity index (χ1v) is 11.6. The fraction of sp³-hybridized carbons (Fsp3) is 0.632. The Labute approximate surface area is 178 Å². The number of hydrogen-bond donors (Lipinski definition) is 0. The Bertz CT molecular complexity index is 784. The maximum absolute atomic E-state index is 14.0. The van der Waals surface area contributed by atoms with Gasteiger partial charge < -0.3 is 4.90 Å². The van der Waals surface area contributed by atoms with Crippen LogP contribution in [0.25, 0.3) is 0 Å². The number of nitrogens with zero attached hydrogens (tertiary/aromatic N) is 4. The number of benzene rings is 1. The minimum Gasteiger partial charge on any atom is -0.342 e. The van der Waals surface area contributed by atoms with E-state index in [4.69, 9.17) is 11.6 Å². The highest BCUT2D eigenvalue weighted by Gasteiger charge is 2.30. The molecular formula is C19H30ClFN4O3S. The molecule has 0 aromatic heterocycles. The molecule has 1 aromatic rings. The van der Waals surface area contributed by atoms with Gasteiger partial charge in [0.1, 0.15) is 5.82 Å². The van der Waals surface area contributed by atoms with Gasteiger partial charge >= 0.3 is 0 Å². The number of rotatable bonds is 8. The molecule has 0 spiro atoms. The van der Waals surface area contributed by atoms with E-state index in [1.807, 2.05) is 18.7 Å². The van der Waals surface area contributed by atoms with Gasteiger partial charge in [0, 0.05) is 56.9 Å². The summed E-state index contributed by atoms with van der Waals surface area (Å²) in [5, 5.41) is 0.198. The van der Waals surface area contributed by atoms with Gasteiger partial charge in [0.15, 0.2) is 0 Å². The lowest BCUT2D eigenvalue weighted by molar-refractivity contribution is -0.132. The largest absolute Gasteiger partial charge is 0.342 e. The highest BCUT2D eigenvalue weighted by atomic mass is 35.5. The zero-order valence-electron chi connectivity index (χ0n) is 17.3. The Balaban J connectivity index is 2.01. The van der Waals surface area contributed by atoms with Gasteiger partial charge in [-0.25, -0.2) is 4.39 Å². The van der Waals surface area contributed by atoms with Crippen LogP contribution in [0, 0.1) is 5.82 Å². The van der Waals surface area contributed by atoms with Crippen LogP contribution >= 0.6 is 11.6 Å². The Kier molecular flexibility index (Phi) is 8.84. The number of halogens is 2. The van der Waals surface area contributed by atoms with Gasteiger partial charge in [0.05, 0.1) is 6.54 Å². The second-order valence-electron chi connectivity index (χ2n) is 7.06. The van der Waals surface area contributed by atoms with Crippen LogP contribution in [0.15, 0.2) is 18.2 Å². The first-order chi connectivity index (χ1) is 13.7. The number of carbonyl (C=O) groups excluding carboxylic acids is 1. The number of amides is 1. The lowest BCUT2D eigenvalue weighted by Gasteiger charge is -2.27. The van der Waals surface area contributed by atoms with Crippen molar-refractivity contribution in [3.05, 3.63) is 34.6 Å². The normalized spacial score (nSPS) is 16.8. The fourth-order valence-electron chi connectivity index (χ4n) is 3.39. The van der Waals surface area contributed by atoms with Crippen LogP contribution in [0.5, 0.6) is 0 Å². The summed E-state index contributed by atoms with van der Waals surface area (Å²) in [6.45, 7) is 7.11. The summed E-state index contributed by atoms with van der Waals surface area (Å²) in [4.78, 5) is 16.1. The van der Waals surface area contributed by atoms with E-state index in [-0.39, 0.29) is 36.1 Å². The van der Waals surface area contributed by atoms with Crippen molar-refractivity contribution >= 4 is 27.7 Å². The van der Waals surface area contributed by atoms with Crippen LogP contribution in [0.1, 0.15) is 25.8 Å². The predicted octanol–water partition coefficient (Wildman–Crippen LogP) is 2.03. The molecule has 2 rings (SSSR count). The molecule has 29 heavy (non-hydrogen) atoms. The van der Waals surface area contributed by atoms with Gasteiger partial charge in [0.25, 0.3) is 10.2 Å². The van der Waals surface area contributed by atoms with Crippen molar-refractivity contribution < 1.29 is 17.6 Å². The predicted molar refractivity (Wildman–Crippen MR) is 112 cm³/mol. The molecular weight excluding hydrogens is 419 g/mol. The third-order valence-electron chi connectivity index (χ3n) is 5.19. The average Bonchev–Trinajstić information content (AvgIpc) is 2.91. The van der Waals surface area contributed by atoms with Crippen molar-refractivity contribution in [3.63, 3.8) is 0 Å². The lowest BCUT2D eigenvalue weighted by atomic mass is 10.2. The molecule has 0 aliphatic carbocycles. The van der Waals surface area contributed by atoms with Crippen LogP contribution in [0.2, 0.25) is 5.02 Å². The first kappa shape index (κ1) is 24.0. The van der Waals surface area contributed by atoms with Gasteiger partial charge in [-0.3, -0.25) is 9.69 Å². The van der Waals surface area contributed by atoms with Crippen LogP contribution in [-0.4, -0.2) is 85.6 Å². The van der Waals surface area contributed by atoms with Crippen molar-refractivity contribution in [1.82, 2.24) is 18.4 Å². The van der Waals surface area contributed by atoms with E-state index in [0.717, 1.165) is 4.31 Å². The fourth-order valence-corrected chi connectivity index (χ4v) is 4.97. The number of carbonyl (C=O) groups is 1. The lowest BCUT2D eigenvalue weighted by Crippen LogP contribution is -2.44. The Morgan fingerprint density at radius 1 is 1.17 bits per heavy atom. The van der Waals surface area contributed by atoms with Crippen LogP contribution < -0.4 is 0 Å². The summed E-state index contributed by atoms with van der Waals surface area (Å²) < 4.78 is 42.5. The second kappa shape index (κ2) is 10.7. The minimum atomic E-state index is -3.78. The zero-order chi connectivity index (χ0) is 21.6. The Morgan fingerprint density at radius 3 is 2.48 bits per heavy atom. The molecule has 1 fully saturated rings. The van der Waals surface area contributed by atoms with E-state index >= 15 is 0 Å². The third kappa shape index (κ3) is 6.11. The minimum absolute atomic E-state index is 0.0534. The van der Waals surface area contributed by atoms with Gasteiger partial charge in [-0.2, -0.15) is 17.0 Å². The molecule has 1 heterocycles. The molecule has 0 atom stereocenters. The Morgan fingerprint density at radius 2 is 1.86 bits per heavy atom. The molecule has 0 N–H and O–H groups in total. The van der Waals surface area contributed by atoms with Gasteiger partial charge in [-0.1, -0.05) is 17.7 Å². The van der Waals surface area contributed by atoms with Crippen molar-refractivity contribution in [1.29, 1.82) is 0 Å². The second-order valence-corrected chi connectivity index (χ2v) is 9.50. The zero-order valence-corrected chi connectivity index (χ0v) is 18.8. The highest BCUT2D eigenvalue weighted by molar-refractivity contribution is 7.86. The average molecular weight is 449 g/mol. The number of hydrogen-bond acceptors (Lipinski definition) is 4. The van der Waals surface area contributed by atoms with Gasteiger partial charge in [-0.05, 0) is 38.9 Å². The summed E-state index contributed by atoms with van der Waals surface area (Å²) in [7, 11) is -2.35. The highest BCUT2D eigenvalue weighted by Crippen LogP contribution is 2.22.